The average molecular weight is 462 g/mol. The van der Waals surface area contributed by atoms with Gasteiger partial charge in [0, 0.05) is 23.6 Å². The molecule has 2 rings (SSSR count). The van der Waals surface area contributed by atoms with Crippen LogP contribution in [0.3, 0.4) is 0 Å². The third-order valence-corrected chi connectivity index (χ3v) is 4.68. The van der Waals surface area contributed by atoms with Gasteiger partial charge in [0.1, 0.15) is 6.61 Å². The second-order valence-corrected chi connectivity index (χ2v) is 7.15. The van der Waals surface area contributed by atoms with Gasteiger partial charge in [0.25, 0.3) is 0 Å². The summed E-state index contributed by atoms with van der Waals surface area (Å²) < 4.78 is 10.6. The van der Waals surface area contributed by atoms with Gasteiger partial charge in [-0.15, -0.1) is 6.42 Å². The van der Waals surface area contributed by atoms with E-state index in [1.54, 1.807) is 30.3 Å². The summed E-state index contributed by atoms with van der Waals surface area (Å²) in [7, 11) is 1.46. The van der Waals surface area contributed by atoms with Crippen LogP contribution < -0.4 is 20.2 Å². The fourth-order valence-corrected chi connectivity index (χ4v) is 2.88. The highest BCUT2D eigenvalue weighted by molar-refractivity contribution is 6.32. The summed E-state index contributed by atoms with van der Waals surface area (Å²) in [4.78, 5) is 23.9. The van der Waals surface area contributed by atoms with Gasteiger partial charge in [-0.3, -0.25) is 9.59 Å². The summed E-state index contributed by atoms with van der Waals surface area (Å²) in [6.45, 7) is 1.91. The molecule has 0 bridgehead atoms. The van der Waals surface area contributed by atoms with Crippen LogP contribution in [0.15, 0.2) is 35.4 Å². The number of carbonyl (C=O) groups excluding carboxylic acids is 2. The standard InChI is InChI=1S/C22H21Cl2N3O4/c1-4-9-31-22-18(24)10-15(11-19(22)30-3)13-25-27-21(29)8-7-20(28)26-16-6-5-14(2)17(23)12-16/h1,5-6,10-13H,7-9H2,2-3H3,(H,26,28)(H,27,29). The zero-order valence-corrected chi connectivity index (χ0v) is 18.5. The van der Waals surface area contributed by atoms with Crippen LogP contribution >= 0.6 is 23.2 Å². The average Bonchev–Trinajstić information content (AvgIpc) is 2.74. The number of benzene rings is 2. The molecule has 0 aliphatic carbocycles. The molecule has 0 aliphatic heterocycles. The van der Waals surface area contributed by atoms with Crippen LogP contribution in [0.4, 0.5) is 5.69 Å². The van der Waals surface area contributed by atoms with Crippen LogP contribution in [-0.4, -0.2) is 31.7 Å². The Balaban J connectivity index is 1.86. The second-order valence-electron chi connectivity index (χ2n) is 6.33. The lowest BCUT2D eigenvalue weighted by molar-refractivity contribution is -0.124. The number of terminal acetylenes is 1. The number of hydrogen-bond donors (Lipinski definition) is 2. The van der Waals surface area contributed by atoms with Crippen molar-refractivity contribution in [3.05, 3.63) is 51.5 Å². The smallest absolute Gasteiger partial charge is 0.240 e. The Labute approximate surface area is 190 Å². The molecule has 0 saturated carbocycles. The Morgan fingerprint density at radius 1 is 1.16 bits per heavy atom. The first-order chi connectivity index (χ1) is 14.8. The number of halogens is 2. The van der Waals surface area contributed by atoms with E-state index in [1.165, 1.54) is 13.3 Å². The minimum absolute atomic E-state index is 0.00624. The van der Waals surface area contributed by atoms with E-state index in [-0.39, 0.29) is 30.4 Å². The summed E-state index contributed by atoms with van der Waals surface area (Å²) in [6.07, 6.45) is 6.54. The number of methoxy groups -OCH3 is 1. The van der Waals surface area contributed by atoms with Crippen molar-refractivity contribution in [3.63, 3.8) is 0 Å². The van der Waals surface area contributed by atoms with E-state index in [1.807, 2.05) is 6.92 Å². The molecule has 0 fully saturated rings. The molecule has 2 amide bonds. The largest absolute Gasteiger partial charge is 0.493 e. The lowest BCUT2D eigenvalue weighted by Gasteiger charge is -2.11. The number of anilines is 1. The molecule has 0 saturated heterocycles. The van der Waals surface area contributed by atoms with Crippen molar-refractivity contribution in [1.82, 2.24) is 5.43 Å². The first-order valence-corrected chi connectivity index (χ1v) is 9.91. The molecule has 162 valence electrons. The molecule has 0 aliphatic rings. The SMILES string of the molecule is C#CCOc1c(Cl)cc(C=NNC(=O)CCC(=O)Nc2ccc(C)c(Cl)c2)cc1OC. The van der Waals surface area contributed by atoms with Crippen molar-refractivity contribution in [2.75, 3.05) is 19.0 Å². The third-order valence-electron chi connectivity index (χ3n) is 3.99. The zero-order chi connectivity index (χ0) is 22.8. The highest BCUT2D eigenvalue weighted by Crippen LogP contribution is 2.35. The van der Waals surface area contributed by atoms with E-state index in [4.69, 9.17) is 39.1 Å². The summed E-state index contributed by atoms with van der Waals surface area (Å²) in [5.41, 5.74) is 4.41. The van der Waals surface area contributed by atoms with Crippen LogP contribution in [0.5, 0.6) is 11.5 Å². The summed E-state index contributed by atoms with van der Waals surface area (Å²) in [5.74, 6) is 2.33. The van der Waals surface area contributed by atoms with Crippen molar-refractivity contribution < 1.29 is 19.1 Å². The van der Waals surface area contributed by atoms with Gasteiger partial charge in [0.15, 0.2) is 11.5 Å². The predicted molar refractivity (Wildman–Crippen MR) is 122 cm³/mol. The molecule has 2 N–H and O–H groups in total. The van der Waals surface area contributed by atoms with Gasteiger partial charge in [0.2, 0.25) is 11.8 Å². The fraction of sp³-hybridized carbons (Fsp3) is 0.227. The topological polar surface area (TPSA) is 89.0 Å². The number of amides is 2. The maximum Gasteiger partial charge on any atom is 0.240 e. The lowest BCUT2D eigenvalue weighted by atomic mass is 10.2. The van der Waals surface area contributed by atoms with Gasteiger partial charge >= 0.3 is 0 Å². The van der Waals surface area contributed by atoms with Crippen molar-refractivity contribution >= 4 is 46.9 Å². The minimum Gasteiger partial charge on any atom is -0.493 e. The minimum atomic E-state index is -0.416. The molecule has 0 radical (unpaired) electrons. The van der Waals surface area contributed by atoms with Crippen molar-refractivity contribution in [2.24, 2.45) is 5.10 Å². The van der Waals surface area contributed by atoms with Gasteiger partial charge in [0.05, 0.1) is 18.3 Å². The Kier molecular flexibility index (Phi) is 9.19. The Bertz CT molecular complexity index is 1030. The van der Waals surface area contributed by atoms with E-state index >= 15 is 0 Å². The highest BCUT2D eigenvalue weighted by atomic mass is 35.5. The van der Waals surface area contributed by atoms with Crippen LogP contribution in [-0.2, 0) is 9.59 Å². The van der Waals surface area contributed by atoms with Crippen LogP contribution in [0, 0.1) is 19.3 Å². The van der Waals surface area contributed by atoms with Crippen molar-refractivity contribution in [1.29, 1.82) is 0 Å². The van der Waals surface area contributed by atoms with Crippen molar-refractivity contribution in [2.45, 2.75) is 19.8 Å². The molecule has 9 heteroatoms. The van der Waals surface area contributed by atoms with E-state index in [9.17, 15) is 9.59 Å². The first kappa shape index (κ1) is 24.1. The molecule has 0 spiro atoms. The molecular weight excluding hydrogens is 441 g/mol. The third kappa shape index (κ3) is 7.52. The maximum absolute atomic E-state index is 12.0. The molecular formula is C22H21Cl2N3O4. The van der Waals surface area contributed by atoms with Gasteiger partial charge in [-0.1, -0.05) is 35.2 Å². The van der Waals surface area contributed by atoms with Crippen LogP contribution in [0.1, 0.15) is 24.0 Å². The molecule has 0 unspecified atom stereocenters. The monoisotopic (exact) mass is 461 g/mol. The van der Waals surface area contributed by atoms with Gasteiger partial charge in [-0.05, 0) is 42.3 Å². The lowest BCUT2D eigenvalue weighted by Crippen LogP contribution is -2.20. The summed E-state index contributed by atoms with van der Waals surface area (Å²) in [5, 5.41) is 7.40. The fourth-order valence-electron chi connectivity index (χ4n) is 2.42. The first-order valence-electron chi connectivity index (χ1n) is 9.15. The van der Waals surface area contributed by atoms with E-state index < -0.39 is 5.91 Å². The number of carbonyl (C=O) groups is 2. The second kappa shape index (κ2) is 11.8. The van der Waals surface area contributed by atoms with E-state index in [0.29, 0.717) is 27.8 Å². The quantitative estimate of drug-likeness (QED) is 0.332. The predicted octanol–water partition coefficient (Wildman–Crippen LogP) is 4.19. The zero-order valence-electron chi connectivity index (χ0n) is 17.0. The molecule has 2 aromatic rings. The van der Waals surface area contributed by atoms with Gasteiger partial charge in [-0.2, -0.15) is 5.10 Å². The number of aryl methyl sites for hydroxylation is 1. The van der Waals surface area contributed by atoms with E-state index in [0.717, 1.165) is 5.56 Å². The Morgan fingerprint density at radius 2 is 1.90 bits per heavy atom. The number of hydrogen-bond acceptors (Lipinski definition) is 5. The van der Waals surface area contributed by atoms with E-state index in [2.05, 4.69) is 21.8 Å². The molecule has 31 heavy (non-hydrogen) atoms. The molecule has 0 aromatic heterocycles. The number of ether oxygens (including phenoxy) is 2. The molecule has 7 nitrogen and oxygen atoms in total. The molecule has 0 heterocycles. The van der Waals surface area contributed by atoms with Crippen molar-refractivity contribution in [3.8, 4) is 23.8 Å². The summed E-state index contributed by atoms with van der Waals surface area (Å²) >= 11 is 12.2. The summed E-state index contributed by atoms with van der Waals surface area (Å²) in [6, 6.07) is 8.42. The Hall–Kier alpha value is -3.21. The number of nitrogens with zero attached hydrogens (tertiary/aromatic N) is 1. The molecule has 2 aromatic carbocycles. The molecule has 0 atom stereocenters. The van der Waals surface area contributed by atoms with Crippen LogP contribution in [0.25, 0.3) is 0 Å². The van der Waals surface area contributed by atoms with Gasteiger partial charge < -0.3 is 14.8 Å². The number of rotatable bonds is 9. The highest BCUT2D eigenvalue weighted by Gasteiger charge is 2.11. The normalized spacial score (nSPS) is 10.4. The maximum atomic E-state index is 12.0. The number of hydrazone groups is 1. The van der Waals surface area contributed by atoms with Gasteiger partial charge in [-0.25, -0.2) is 5.43 Å². The number of nitrogens with one attached hydrogen (secondary N) is 2. The Morgan fingerprint density at radius 3 is 2.58 bits per heavy atom. The van der Waals surface area contributed by atoms with Crippen LogP contribution in [0.2, 0.25) is 10.0 Å².